The van der Waals surface area contributed by atoms with Crippen LogP contribution in [0.4, 0.5) is 5.69 Å². The zero-order chi connectivity index (χ0) is 15.4. The molecule has 116 valence electrons. The Kier molecular flexibility index (Phi) is 5.37. The van der Waals surface area contributed by atoms with Crippen molar-refractivity contribution in [1.82, 2.24) is 4.90 Å². The maximum Gasteiger partial charge on any atom is 0.238 e. The van der Waals surface area contributed by atoms with E-state index in [4.69, 9.17) is 0 Å². The van der Waals surface area contributed by atoms with E-state index in [0.29, 0.717) is 18.4 Å². The molecule has 0 bridgehead atoms. The van der Waals surface area contributed by atoms with E-state index in [2.05, 4.69) is 37.1 Å². The van der Waals surface area contributed by atoms with Gasteiger partial charge in [0.05, 0.1) is 13.2 Å². The van der Waals surface area contributed by atoms with Crippen molar-refractivity contribution in [3.05, 3.63) is 29.8 Å². The molecule has 1 aromatic carbocycles. The number of rotatable bonds is 5. The average molecular weight is 290 g/mol. The van der Waals surface area contributed by atoms with Crippen LogP contribution in [-0.4, -0.2) is 41.7 Å². The number of likely N-dealkylation sites (tertiary alicyclic amines) is 1. The van der Waals surface area contributed by atoms with Crippen LogP contribution in [0.3, 0.4) is 0 Å². The largest absolute Gasteiger partial charge is 0.395 e. The molecule has 1 aliphatic heterocycles. The van der Waals surface area contributed by atoms with E-state index in [1.807, 2.05) is 18.2 Å². The number of amides is 1. The maximum atomic E-state index is 12.2. The molecule has 0 radical (unpaired) electrons. The van der Waals surface area contributed by atoms with Gasteiger partial charge in [0, 0.05) is 11.7 Å². The van der Waals surface area contributed by atoms with Gasteiger partial charge in [0.1, 0.15) is 0 Å². The van der Waals surface area contributed by atoms with Gasteiger partial charge < -0.3 is 10.4 Å². The summed E-state index contributed by atoms with van der Waals surface area (Å²) in [5.41, 5.74) is 2.06. The van der Waals surface area contributed by atoms with Crippen molar-refractivity contribution in [3.63, 3.8) is 0 Å². The lowest BCUT2D eigenvalue weighted by atomic mass is 10.0. The zero-order valence-electron chi connectivity index (χ0n) is 13.2. The topological polar surface area (TPSA) is 52.6 Å². The lowest BCUT2D eigenvalue weighted by Gasteiger charge is -2.24. The Labute approximate surface area is 127 Å². The van der Waals surface area contributed by atoms with Crippen molar-refractivity contribution in [2.24, 2.45) is 5.92 Å². The molecule has 1 aromatic rings. The van der Waals surface area contributed by atoms with E-state index in [9.17, 15) is 9.90 Å². The molecular formula is C17H26N2O2. The van der Waals surface area contributed by atoms with E-state index in [0.717, 1.165) is 18.7 Å². The first-order valence-electron chi connectivity index (χ1n) is 7.76. The molecule has 2 unspecified atom stereocenters. The number of carbonyl (C=O) groups excluding carboxylic acids is 1. The number of anilines is 1. The van der Waals surface area contributed by atoms with Crippen LogP contribution in [0, 0.1) is 5.92 Å². The third-order valence-corrected chi connectivity index (χ3v) is 4.37. The van der Waals surface area contributed by atoms with Gasteiger partial charge in [0.25, 0.3) is 0 Å². The minimum atomic E-state index is -0.0107. The summed E-state index contributed by atoms with van der Waals surface area (Å²) in [6.07, 6.45) is 1.04. The molecule has 1 heterocycles. The first-order chi connectivity index (χ1) is 10.0. The minimum Gasteiger partial charge on any atom is -0.395 e. The number of hydrogen-bond acceptors (Lipinski definition) is 3. The first-order valence-corrected chi connectivity index (χ1v) is 7.76. The smallest absolute Gasteiger partial charge is 0.238 e. The first kappa shape index (κ1) is 16.0. The van der Waals surface area contributed by atoms with Crippen LogP contribution >= 0.6 is 0 Å². The highest BCUT2D eigenvalue weighted by Crippen LogP contribution is 2.23. The van der Waals surface area contributed by atoms with Gasteiger partial charge in [0.15, 0.2) is 0 Å². The Morgan fingerprint density at radius 2 is 2.24 bits per heavy atom. The molecule has 0 saturated carbocycles. The Balaban J connectivity index is 1.94. The third kappa shape index (κ3) is 4.05. The molecule has 21 heavy (non-hydrogen) atoms. The van der Waals surface area contributed by atoms with Crippen molar-refractivity contribution in [2.45, 2.75) is 39.2 Å². The molecule has 2 atom stereocenters. The molecule has 1 fully saturated rings. The Hall–Kier alpha value is -1.39. The van der Waals surface area contributed by atoms with Crippen LogP contribution < -0.4 is 5.32 Å². The monoisotopic (exact) mass is 290 g/mol. The summed E-state index contributed by atoms with van der Waals surface area (Å²) in [7, 11) is 0. The van der Waals surface area contributed by atoms with Gasteiger partial charge in [-0.05, 0) is 42.5 Å². The number of aliphatic hydroxyl groups is 1. The molecule has 2 N–H and O–H groups in total. The van der Waals surface area contributed by atoms with Crippen molar-refractivity contribution in [3.8, 4) is 0 Å². The van der Waals surface area contributed by atoms with Crippen LogP contribution in [0.1, 0.15) is 38.7 Å². The average Bonchev–Trinajstić information content (AvgIpc) is 2.79. The molecule has 0 aliphatic carbocycles. The number of carbonyl (C=O) groups is 1. The fraction of sp³-hybridized carbons (Fsp3) is 0.588. The highest BCUT2D eigenvalue weighted by molar-refractivity contribution is 5.92. The molecular weight excluding hydrogens is 264 g/mol. The van der Waals surface area contributed by atoms with Crippen LogP contribution in [0.25, 0.3) is 0 Å². The maximum absolute atomic E-state index is 12.2. The molecule has 4 nitrogen and oxygen atoms in total. The molecule has 1 aliphatic rings. The van der Waals surface area contributed by atoms with Gasteiger partial charge in [0.2, 0.25) is 5.91 Å². The molecule has 4 heteroatoms. The second-order valence-corrected chi connectivity index (χ2v) is 6.31. The van der Waals surface area contributed by atoms with Crippen molar-refractivity contribution in [1.29, 1.82) is 0 Å². The van der Waals surface area contributed by atoms with Gasteiger partial charge in [-0.2, -0.15) is 0 Å². The Morgan fingerprint density at radius 1 is 1.48 bits per heavy atom. The summed E-state index contributed by atoms with van der Waals surface area (Å²) >= 11 is 0. The van der Waals surface area contributed by atoms with E-state index >= 15 is 0 Å². The van der Waals surface area contributed by atoms with Crippen molar-refractivity contribution in [2.75, 3.05) is 25.0 Å². The quantitative estimate of drug-likeness (QED) is 0.876. The predicted molar refractivity (Wildman–Crippen MR) is 85.4 cm³/mol. The van der Waals surface area contributed by atoms with E-state index in [-0.39, 0.29) is 18.6 Å². The highest BCUT2D eigenvalue weighted by atomic mass is 16.3. The summed E-state index contributed by atoms with van der Waals surface area (Å²) < 4.78 is 0. The molecule has 1 amide bonds. The zero-order valence-corrected chi connectivity index (χ0v) is 13.2. The molecule has 2 rings (SSSR count). The van der Waals surface area contributed by atoms with Crippen LogP contribution in [0.2, 0.25) is 0 Å². The van der Waals surface area contributed by atoms with E-state index < -0.39 is 0 Å². The standard InChI is InChI=1S/C17H26N2O2/c1-12(2)14-5-4-6-15(9-14)18-17(21)10-19-8-7-13(3)16(19)11-20/h4-6,9,12-13,16,20H,7-8,10-11H2,1-3H3,(H,18,21). The van der Waals surface area contributed by atoms with Crippen LogP contribution in [0.5, 0.6) is 0 Å². The van der Waals surface area contributed by atoms with Crippen LogP contribution in [-0.2, 0) is 4.79 Å². The second-order valence-electron chi connectivity index (χ2n) is 6.31. The van der Waals surface area contributed by atoms with Gasteiger partial charge in [-0.1, -0.05) is 32.9 Å². The predicted octanol–water partition coefficient (Wildman–Crippen LogP) is 2.45. The Morgan fingerprint density at radius 3 is 2.90 bits per heavy atom. The molecule has 1 saturated heterocycles. The lowest BCUT2D eigenvalue weighted by Crippen LogP contribution is -2.40. The summed E-state index contributed by atoms with van der Waals surface area (Å²) in [5, 5.41) is 12.4. The summed E-state index contributed by atoms with van der Waals surface area (Å²) in [6, 6.07) is 8.10. The third-order valence-electron chi connectivity index (χ3n) is 4.37. The van der Waals surface area contributed by atoms with Gasteiger partial charge in [-0.3, -0.25) is 9.69 Å². The SMILES string of the molecule is CC(C)c1cccc(NC(=O)CN2CCC(C)C2CO)c1. The highest BCUT2D eigenvalue weighted by Gasteiger charge is 2.31. The fourth-order valence-electron chi connectivity index (χ4n) is 2.94. The van der Waals surface area contributed by atoms with Gasteiger partial charge >= 0.3 is 0 Å². The van der Waals surface area contributed by atoms with Gasteiger partial charge in [-0.15, -0.1) is 0 Å². The number of nitrogens with one attached hydrogen (secondary N) is 1. The second kappa shape index (κ2) is 7.05. The Bertz CT molecular complexity index is 487. The van der Waals surface area contributed by atoms with Crippen molar-refractivity contribution < 1.29 is 9.90 Å². The number of aliphatic hydroxyl groups excluding tert-OH is 1. The number of benzene rings is 1. The van der Waals surface area contributed by atoms with Crippen molar-refractivity contribution >= 4 is 11.6 Å². The summed E-state index contributed by atoms with van der Waals surface area (Å²) in [4.78, 5) is 14.3. The van der Waals surface area contributed by atoms with Gasteiger partial charge in [-0.25, -0.2) is 0 Å². The van der Waals surface area contributed by atoms with E-state index in [1.54, 1.807) is 0 Å². The normalized spacial score (nSPS) is 22.7. The lowest BCUT2D eigenvalue weighted by molar-refractivity contribution is -0.117. The number of nitrogens with zero attached hydrogens (tertiary/aromatic N) is 1. The summed E-state index contributed by atoms with van der Waals surface area (Å²) in [5.74, 6) is 0.885. The minimum absolute atomic E-state index is 0.0107. The molecule has 0 aromatic heterocycles. The molecule has 0 spiro atoms. The number of hydrogen-bond donors (Lipinski definition) is 2. The summed E-state index contributed by atoms with van der Waals surface area (Å²) in [6.45, 7) is 7.76. The van der Waals surface area contributed by atoms with E-state index in [1.165, 1.54) is 5.56 Å². The van der Waals surface area contributed by atoms with Crippen LogP contribution in [0.15, 0.2) is 24.3 Å². The fourth-order valence-corrected chi connectivity index (χ4v) is 2.94.